The Morgan fingerprint density at radius 1 is 1.06 bits per heavy atom. The summed E-state index contributed by atoms with van der Waals surface area (Å²) in [5.74, 6) is 2.47. The third-order valence-electron chi connectivity index (χ3n) is 7.00. The Bertz CT molecular complexity index is 995. The number of piperidine rings is 1. The van der Waals surface area contributed by atoms with Crippen molar-refractivity contribution in [2.45, 2.75) is 44.5 Å². The summed E-state index contributed by atoms with van der Waals surface area (Å²) < 4.78 is 17.7. The first-order valence-electron chi connectivity index (χ1n) is 11.2. The molecule has 0 amide bonds. The SMILES string of the molecule is COc1ccc(C2=C[C@H]3c4ccccc4OC4(CC[NH+](C(C)C)CC4)N3N2)cc1OC. The van der Waals surface area contributed by atoms with Crippen LogP contribution < -0.4 is 24.5 Å². The van der Waals surface area contributed by atoms with Crippen LogP contribution in [0.15, 0.2) is 48.5 Å². The van der Waals surface area contributed by atoms with Gasteiger partial charge in [-0.25, -0.2) is 0 Å². The van der Waals surface area contributed by atoms with Crippen molar-refractivity contribution < 1.29 is 19.1 Å². The molecule has 2 N–H and O–H groups in total. The number of hydrazine groups is 1. The maximum Gasteiger partial charge on any atom is 0.191 e. The van der Waals surface area contributed by atoms with Crippen LogP contribution >= 0.6 is 0 Å². The van der Waals surface area contributed by atoms with E-state index in [-0.39, 0.29) is 11.8 Å². The van der Waals surface area contributed by atoms with E-state index in [1.807, 2.05) is 12.1 Å². The van der Waals surface area contributed by atoms with E-state index >= 15 is 0 Å². The molecule has 0 aliphatic carbocycles. The average Bonchev–Trinajstić information content (AvgIpc) is 3.26. The van der Waals surface area contributed by atoms with E-state index in [9.17, 15) is 0 Å². The molecule has 6 nitrogen and oxygen atoms in total. The van der Waals surface area contributed by atoms with Crippen LogP contribution in [-0.2, 0) is 0 Å². The molecule has 3 heterocycles. The van der Waals surface area contributed by atoms with E-state index in [0.29, 0.717) is 6.04 Å². The number of quaternary nitrogens is 1. The smallest absolute Gasteiger partial charge is 0.191 e. The van der Waals surface area contributed by atoms with Crippen LogP contribution in [0, 0.1) is 0 Å². The molecule has 1 spiro atoms. The molecule has 0 aromatic heterocycles. The van der Waals surface area contributed by atoms with E-state index < -0.39 is 0 Å². The van der Waals surface area contributed by atoms with Crippen molar-refractivity contribution in [2.75, 3.05) is 27.3 Å². The molecule has 0 unspecified atom stereocenters. The van der Waals surface area contributed by atoms with Gasteiger partial charge in [0.15, 0.2) is 17.2 Å². The highest BCUT2D eigenvalue weighted by atomic mass is 16.5. The molecule has 1 fully saturated rings. The van der Waals surface area contributed by atoms with Crippen LogP contribution in [0.4, 0.5) is 0 Å². The number of fused-ring (bicyclic) bond motifs is 4. The lowest BCUT2D eigenvalue weighted by molar-refractivity contribution is -0.929. The second-order valence-electron chi connectivity index (χ2n) is 8.98. The van der Waals surface area contributed by atoms with Crippen LogP contribution in [0.1, 0.15) is 43.9 Å². The highest BCUT2D eigenvalue weighted by Crippen LogP contribution is 2.47. The van der Waals surface area contributed by atoms with Gasteiger partial charge in [-0.05, 0) is 44.2 Å². The summed E-state index contributed by atoms with van der Waals surface area (Å²) in [4.78, 5) is 1.65. The van der Waals surface area contributed by atoms with Crippen molar-refractivity contribution in [3.63, 3.8) is 0 Å². The summed E-state index contributed by atoms with van der Waals surface area (Å²) in [7, 11) is 3.33. The van der Waals surface area contributed by atoms with Gasteiger partial charge in [-0.15, -0.1) is 0 Å². The predicted molar refractivity (Wildman–Crippen MR) is 120 cm³/mol. The molecule has 1 saturated heterocycles. The Balaban J connectivity index is 1.51. The summed E-state index contributed by atoms with van der Waals surface area (Å²) in [5, 5.41) is 2.35. The molecule has 5 rings (SSSR count). The topological polar surface area (TPSA) is 47.4 Å². The Labute approximate surface area is 184 Å². The van der Waals surface area contributed by atoms with Crippen LogP contribution in [0.3, 0.4) is 0 Å². The number of ether oxygens (including phenoxy) is 3. The van der Waals surface area contributed by atoms with E-state index in [2.05, 4.69) is 60.7 Å². The second-order valence-corrected chi connectivity index (χ2v) is 8.98. The summed E-state index contributed by atoms with van der Waals surface area (Å²) in [6.07, 6.45) is 4.29. The standard InChI is InChI=1S/C25H31N3O3/c1-17(2)27-13-11-25(12-14-27)28-21(19-7-5-6-8-22(19)31-25)16-20(26-28)18-9-10-23(29-3)24(15-18)30-4/h5-10,15-17,21,26H,11-14H2,1-4H3/p+1/t21-/m0/s1. The zero-order valence-electron chi connectivity index (χ0n) is 18.8. The van der Waals surface area contributed by atoms with Crippen molar-refractivity contribution in [1.29, 1.82) is 0 Å². The van der Waals surface area contributed by atoms with Gasteiger partial charge in [-0.1, -0.05) is 18.2 Å². The van der Waals surface area contributed by atoms with Crippen LogP contribution in [0.25, 0.3) is 5.70 Å². The van der Waals surface area contributed by atoms with Gasteiger partial charge in [0.05, 0.1) is 57.9 Å². The predicted octanol–water partition coefficient (Wildman–Crippen LogP) is 2.78. The lowest BCUT2D eigenvalue weighted by Gasteiger charge is -2.51. The monoisotopic (exact) mass is 422 g/mol. The number of hydrogen-bond acceptors (Lipinski definition) is 5. The first-order valence-corrected chi connectivity index (χ1v) is 11.2. The van der Waals surface area contributed by atoms with Gasteiger partial charge in [-0.2, -0.15) is 5.01 Å². The molecule has 1 atom stereocenters. The zero-order chi connectivity index (χ0) is 21.6. The number of methoxy groups -OCH3 is 2. The maximum atomic E-state index is 6.74. The average molecular weight is 423 g/mol. The molecule has 31 heavy (non-hydrogen) atoms. The van der Waals surface area contributed by atoms with Gasteiger partial charge in [0.25, 0.3) is 0 Å². The van der Waals surface area contributed by atoms with Gasteiger partial charge in [0, 0.05) is 11.1 Å². The third-order valence-corrected chi connectivity index (χ3v) is 7.00. The number of nitrogens with one attached hydrogen (secondary N) is 2. The molecule has 0 bridgehead atoms. The van der Waals surface area contributed by atoms with Crippen molar-refractivity contribution in [3.8, 4) is 17.2 Å². The molecule has 3 aliphatic rings. The third kappa shape index (κ3) is 3.34. The van der Waals surface area contributed by atoms with Crippen LogP contribution in [0.5, 0.6) is 17.2 Å². The highest BCUT2D eigenvalue weighted by Gasteiger charge is 2.52. The van der Waals surface area contributed by atoms with E-state index in [4.69, 9.17) is 14.2 Å². The number of nitrogens with zero attached hydrogens (tertiary/aromatic N) is 1. The lowest BCUT2D eigenvalue weighted by Crippen LogP contribution is -3.16. The van der Waals surface area contributed by atoms with Gasteiger partial charge >= 0.3 is 0 Å². The molecule has 2 aromatic carbocycles. The largest absolute Gasteiger partial charge is 0.493 e. The quantitative estimate of drug-likeness (QED) is 0.794. The Kier molecular flexibility index (Phi) is 5.07. The van der Waals surface area contributed by atoms with Gasteiger partial charge in [0.1, 0.15) is 5.75 Å². The normalized spacial score (nSPS) is 27.2. The maximum absolute atomic E-state index is 6.74. The minimum absolute atomic E-state index is 0.133. The zero-order valence-corrected chi connectivity index (χ0v) is 18.8. The molecule has 2 aromatic rings. The Hall–Kier alpha value is -2.70. The van der Waals surface area contributed by atoms with Crippen LogP contribution in [0.2, 0.25) is 0 Å². The summed E-state index contributed by atoms with van der Waals surface area (Å²) in [6.45, 7) is 6.82. The van der Waals surface area contributed by atoms with Crippen molar-refractivity contribution in [1.82, 2.24) is 10.4 Å². The van der Waals surface area contributed by atoms with E-state index in [1.165, 1.54) is 5.56 Å². The first kappa shape index (κ1) is 20.2. The minimum Gasteiger partial charge on any atom is -0.493 e. The van der Waals surface area contributed by atoms with Crippen molar-refractivity contribution in [3.05, 3.63) is 59.7 Å². The number of rotatable bonds is 4. The Morgan fingerprint density at radius 3 is 2.52 bits per heavy atom. The molecular formula is C25H32N3O3+. The highest BCUT2D eigenvalue weighted by molar-refractivity contribution is 5.70. The second kappa shape index (κ2) is 7.77. The number of benzene rings is 2. The van der Waals surface area contributed by atoms with Gasteiger partial charge in [-0.3, -0.25) is 0 Å². The molecule has 0 radical (unpaired) electrons. The first-order chi connectivity index (χ1) is 15.0. The summed E-state index contributed by atoms with van der Waals surface area (Å²) >= 11 is 0. The van der Waals surface area contributed by atoms with E-state index in [0.717, 1.165) is 54.4 Å². The number of likely N-dealkylation sites (tertiary alicyclic amines) is 1. The lowest BCUT2D eigenvalue weighted by atomic mass is 9.92. The minimum atomic E-state index is -0.341. The molecule has 3 aliphatic heterocycles. The number of para-hydroxylation sites is 1. The fraction of sp³-hybridized carbons (Fsp3) is 0.440. The molecule has 0 saturated carbocycles. The summed E-state index contributed by atoms with van der Waals surface area (Å²) in [6, 6.07) is 15.3. The molecule has 6 heteroatoms. The number of hydrogen-bond donors (Lipinski definition) is 2. The van der Waals surface area contributed by atoms with Crippen molar-refractivity contribution in [2.24, 2.45) is 0 Å². The fourth-order valence-corrected chi connectivity index (χ4v) is 5.17. The van der Waals surface area contributed by atoms with Gasteiger partial charge in [0.2, 0.25) is 0 Å². The molecular weight excluding hydrogens is 390 g/mol. The fourth-order valence-electron chi connectivity index (χ4n) is 5.17. The van der Waals surface area contributed by atoms with E-state index in [1.54, 1.807) is 19.1 Å². The summed E-state index contributed by atoms with van der Waals surface area (Å²) in [5.41, 5.74) is 6.72. The Morgan fingerprint density at radius 2 is 1.81 bits per heavy atom. The van der Waals surface area contributed by atoms with Crippen LogP contribution in [-0.4, -0.2) is 44.1 Å². The molecule has 164 valence electrons. The van der Waals surface area contributed by atoms with Gasteiger partial charge < -0.3 is 24.5 Å². The van der Waals surface area contributed by atoms with Crippen molar-refractivity contribution >= 4 is 5.70 Å².